The molecule has 0 fully saturated rings. The Hall–Kier alpha value is -5.38. The van der Waals surface area contributed by atoms with E-state index in [1.807, 2.05) is 6.07 Å². The Labute approximate surface area is 278 Å². The molecule has 1 heterocycles. The highest BCUT2D eigenvalue weighted by molar-refractivity contribution is 9.10. The first-order valence-corrected chi connectivity index (χ1v) is 16.2. The van der Waals surface area contributed by atoms with Gasteiger partial charge >= 0.3 is 0 Å². The fourth-order valence-electron chi connectivity index (χ4n) is 6.45. The lowest BCUT2D eigenvalue weighted by Crippen LogP contribution is -2.34. The maximum atomic E-state index is 6.96. The van der Waals surface area contributed by atoms with Gasteiger partial charge in [0, 0.05) is 38.2 Å². The van der Waals surface area contributed by atoms with Gasteiger partial charge in [0.1, 0.15) is 5.75 Å². The number of hydrogen-bond acceptors (Lipinski definition) is 2. The molecule has 0 amide bonds. The largest absolute Gasteiger partial charge is 0.473 e. The van der Waals surface area contributed by atoms with Crippen molar-refractivity contribution in [3.8, 4) is 16.9 Å². The maximum absolute atomic E-state index is 6.96. The van der Waals surface area contributed by atoms with E-state index in [2.05, 4.69) is 197 Å². The molecule has 1 aliphatic heterocycles. The van der Waals surface area contributed by atoms with E-state index in [1.54, 1.807) is 0 Å². The van der Waals surface area contributed by atoms with Gasteiger partial charge in [-0.15, -0.1) is 0 Å². The summed E-state index contributed by atoms with van der Waals surface area (Å²) < 4.78 is 8.00. The summed E-state index contributed by atoms with van der Waals surface area (Å²) in [5.41, 5.74) is 8.30. The van der Waals surface area contributed by atoms with Crippen LogP contribution in [0.1, 0.15) is 16.7 Å². The normalized spacial score (nSPS) is 15.2. The van der Waals surface area contributed by atoms with Crippen LogP contribution in [0.5, 0.6) is 5.75 Å². The lowest BCUT2D eigenvalue weighted by atomic mass is 9.83. The SMILES string of the molecule is Brc1ccc(C2(c3ccccc3)C=Cc3c(ccc4cc(-c5ccc(N(c6ccccc6)c6ccccc6)cc5)ccc34)O2)cc1. The highest BCUT2D eigenvalue weighted by Gasteiger charge is 2.37. The first-order valence-electron chi connectivity index (χ1n) is 15.5. The molecule has 0 radical (unpaired) electrons. The van der Waals surface area contributed by atoms with Gasteiger partial charge in [0.25, 0.3) is 0 Å². The number of para-hydroxylation sites is 2. The van der Waals surface area contributed by atoms with Crippen LogP contribution in [0.4, 0.5) is 17.1 Å². The van der Waals surface area contributed by atoms with E-state index in [4.69, 9.17) is 4.74 Å². The van der Waals surface area contributed by atoms with Gasteiger partial charge in [0.15, 0.2) is 5.60 Å². The molecule has 0 bridgehead atoms. The summed E-state index contributed by atoms with van der Waals surface area (Å²) in [6.07, 6.45) is 4.43. The maximum Gasteiger partial charge on any atom is 0.178 e. The van der Waals surface area contributed by atoms with Crippen molar-refractivity contribution in [2.45, 2.75) is 5.60 Å². The Morgan fingerprint density at radius 3 is 1.72 bits per heavy atom. The number of nitrogens with zero attached hydrogens (tertiary/aromatic N) is 1. The number of ether oxygens (including phenoxy) is 1. The van der Waals surface area contributed by atoms with Gasteiger partial charge in [-0.25, -0.2) is 0 Å². The van der Waals surface area contributed by atoms with Crippen molar-refractivity contribution in [1.82, 2.24) is 0 Å². The summed E-state index contributed by atoms with van der Waals surface area (Å²) >= 11 is 3.59. The van der Waals surface area contributed by atoms with Crippen LogP contribution < -0.4 is 9.64 Å². The van der Waals surface area contributed by atoms with Crippen molar-refractivity contribution in [2.24, 2.45) is 0 Å². The third-order valence-electron chi connectivity index (χ3n) is 8.74. The average molecular weight is 657 g/mol. The van der Waals surface area contributed by atoms with E-state index in [-0.39, 0.29) is 0 Å². The quantitative estimate of drug-likeness (QED) is 0.177. The van der Waals surface area contributed by atoms with Gasteiger partial charge in [0.2, 0.25) is 0 Å². The summed E-state index contributed by atoms with van der Waals surface area (Å²) in [4.78, 5) is 2.28. The molecule has 7 aromatic rings. The summed E-state index contributed by atoms with van der Waals surface area (Å²) in [7, 11) is 0. The highest BCUT2D eigenvalue weighted by atomic mass is 79.9. The number of benzene rings is 7. The van der Waals surface area contributed by atoms with Gasteiger partial charge in [-0.05, 0) is 94.7 Å². The van der Waals surface area contributed by atoms with Gasteiger partial charge in [-0.2, -0.15) is 0 Å². The predicted octanol–water partition coefficient (Wildman–Crippen LogP) is 12.1. The molecule has 220 valence electrons. The number of halogens is 1. The van der Waals surface area contributed by atoms with Crippen molar-refractivity contribution >= 4 is 49.8 Å². The first-order chi connectivity index (χ1) is 22.7. The molecule has 1 aliphatic rings. The van der Waals surface area contributed by atoms with E-state index in [0.717, 1.165) is 44.0 Å². The second-order valence-electron chi connectivity index (χ2n) is 11.5. The topological polar surface area (TPSA) is 12.5 Å². The Morgan fingerprint density at radius 2 is 1.07 bits per heavy atom. The Bertz CT molecular complexity index is 2120. The summed E-state index contributed by atoms with van der Waals surface area (Å²) in [5, 5.41) is 2.35. The monoisotopic (exact) mass is 655 g/mol. The standard InChI is InChI=1S/C43H30BrNO/c44-36-22-20-35(21-23-36)43(34-10-4-1-5-11-34)29-28-41-40-26-18-32(30-33(40)19-27-42(41)46-43)31-16-24-39(25-17-31)45(37-12-6-2-7-13-37)38-14-8-3-9-15-38/h1-30H. The second kappa shape index (κ2) is 11.8. The zero-order chi connectivity index (χ0) is 30.9. The van der Waals surface area contributed by atoms with Crippen LogP contribution in [0.15, 0.2) is 180 Å². The Morgan fingerprint density at radius 1 is 0.500 bits per heavy atom. The molecule has 3 heteroatoms. The van der Waals surface area contributed by atoms with E-state index in [1.165, 1.54) is 21.9 Å². The first kappa shape index (κ1) is 28.1. The number of hydrogen-bond donors (Lipinski definition) is 0. The van der Waals surface area contributed by atoms with Gasteiger partial charge in [0.05, 0.1) is 0 Å². The molecule has 0 saturated heterocycles. The van der Waals surface area contributed by atoms with Gasteiger partial charge < -0.3 is 9.64 Å². The van der Waals surface area contributed by atoms with E-state index < -0.39 is 5.60 Å². The average Bonchev–Trinajstić information content (AvgIpc) is 3.13. The van der Waals surface area contributed by atoms with Crippen LogP contribution in [0.3, 0.4) is 0 Å². The zero-order valence-electron chi connectivity index (χ0n) is 25.1. The molecule has 0 aliphatic carbocycles. The minimum absolute atomic E-state index is 0.711. The van der Waals surface area contributed by atoms with Crippen molar-refractivity contribution in [3.63, 3.8) is 0 Å². The smallest absolute Gasteiger partial charge is 0.178 e. The molecule has 0 N–H and O–H groups in total. The van der Waals surface area contributed by atoms with Crippen LogP contribution in [0, 0.1) is 0 Å². The molecule has 1 atom stereocenters. The van der Waals surface area contributed by atoms with Gasteiger partial charge in [-0.1, -0.05) is 125 Å². The third kappa shape index (κ3) is 5.09. The fraction of sp³-hybridized carbons (Fsp3) is 0.0233. The minimum Gasteiger partial charge on any atom is -0.473 e. The van der Waals surface area contributed by atoms with Crippen LogP contribution in [0.25, 0.3) is 28.0 Å². The highest BCUT2D eigenvalue weighted by Crippen LogP contribution is 2.45. The number of rotatable bonds is 6. The van der Waals surface area contributed by atoms with E-state index in [0.29, 0.717) is 0 Å². The molecule has 7 aromatic carbocycles. The molecule has 0 spiro atoms. The molecule has 0 saturated carbocycles. The van der Waals surface area contributed by atoms with Crippen molar-refractivity contribution < 1.29 is 4.74 Å². The molecular weight excluding hydrogens is 626 g/mol. The number of anilines is 3. The summed E-state index contributed by atoms with van der Waals surface area (Å²) in [5.74, 6) is 0.876. The molecule has 8 rings (SSSR count). The molecule has 0 aromatic heterocycles. The van der Waals surface area contributed by atoms with Crippen molar-refractivity contribution in [2.75, 3.05) is 4.90 Å². The third-order valence-corrected chi connectivity index (χ3v) is 9.27. The van der Waals surface area contributed by atoms with Crippen LogP contribution >= 0.6 is 15.9 Å². The second-order valence-corrected chi connectivity index (χ2v) is 12.4. The lowest BCUT2D eigenvalue weighted by Gasteiger charge is -2.36. The van der Waals surface area contributed by atoms with E-state index in [9.17, 15) is 0 Å². The Kier molecular flexibility index (Phi) is 7.24. The van der Waals surface area contributed by atoms with Gasteiger partial charge in [-0.3, -0.25) is 0 Å². The molecular formula is C43H30BrNO. The van der Waals surface area contributed by atoms with Crippen LogP contribution in [-0.4, -0.2) is 0 Å². The van der Waals surface area contributed by atoms with Crippen LogP contribution in [0.2, 0.25) is 0 Å². The van der Waals surface area contributed by atoms with Crippen molar-refractivity contribution in [3.05, 3.63) is 197 Å². The van der Waals surface area contributed by atoms with E-state index >= 15 is 0 Å². The zero-order valence-corrected chi connectivity index (χ0v) is 26.6. The molecule has 2 nitrogen and oxygen atoms in total. The van der Waals surface area contributed by atoms with Crippen molar-refractivity contribution in [1.29, 1.82) is 0 Å². The molecule has 46 heavy (non-hydrogen) atoms. The predicted molar refractivity (Wildman–Crippen MR) is 195 cm³/mol. The van der Waals surface area contributed by atoms with Crippen LogP contribution in [-0.2, 0) is 5.60 Å². The number of fused-ring (bicyclic) bond motifs is 3. The lowest BCUT2D eigenvalue weighted by molar-refractivity contribution is 0.161. The fourth-order valence-corrected chi connectivity index (χ4v) is 6.71. The minimum atomic E-state index is -0.711. The Balaban J connectivity index is 1.14. The molecule has 1 unspecified atom stereocenters. The summed E-state index contributed by atoms with van der Waals surface area (Å²) in [6, 6.07) is 59.7. The summed E-state index contributed by atoms with van der Waals surface area (Å²) in [6.45, 7) is 0.